The summed E-state index contributed by atoms with van der Waals surface area (Å²) in [5, 5.41) is 7.00. The molecule has 0 bridgehead atoms. The van der Waals surface area contributed by atoms with E-state index in [0.717, 1.165) is 25.0 Å². The maximum atomic E-state index is 7.00. The van der Waals surface area contributed by atoms with E-state index in [1.165, 1.54) is 0 Å². The lowest BCUT2D eigenvalue weighted by molar-refractivity contribution is 0.182. The molecule has 0 saturated heterocycles. The molecule has 1 aliphatic rings. The minimum Gasteiger partial charge on any atom is -0.500 e. The molecular formula is C11H20O3. The summed E-state index contributed by atoms with van der Waals surface area (Å²) < 4.78 is 10.4. The van der Waals surface area contributed by atoms with E-state index in [2.05, 4.69) is 19.9 Å². The number of rotatable bonds is 2. The van der Waals surface area contributed by atoms with Gasteiger partial charge >= 0.3 is 0 Å². The van der Waals surface area contributed by atoms with Gasteiger partial charge in [-0.25, -0.2) is 0 Å². The smallest absolute Gasteiger partial charge is 0.118 e. The van der Waals surface area contributed by atoms with Crippen molar-refractivity contribution in [3.63, 3.8) is 0 Å². The Hall–Kier alpha value is -0.960. The second kappa shape index (κ2) is 5.70. The molecule has 0 amide bonds. The molecule has 1 aliphatic carbocycles. The fourth-order valence-corrected chi connectivity index (χ4v) is 1.32. The van der Waals surface area contributed by atoms with E-state index in [9.17, 15) is 0 Å². The summed E-state index contributed by atoms with van der Waals surface area (Å²) in [5.74, 6) is 1.88. The van der Waals surface area contributed by atoms with Gasteiger partial charge in [-0.3, -0.25) is 0 Å². The lowest BCUT2D eigenvalue weighted by Crippen LogP contribution is -2.18. The molecule has 0 aromatic rings. The Morgan fingerprint density at radius 2 is 1.79 bits per heavy atom. The SMILES string of the molecule is CO.COC1=CCC(C)(C)C(OC)=C1. The lowest BCUT2D eigenvalue weighted by atomic mass is 9.83. The van der Waals surface area contributed by atoms with Crippen molar-refractivity contribution in [2.24, 2.45) is 5.41 Å². The highest BCUT2D eigenvalue weighted by Crippen LogP contribution is 2.35. The standard InChI is InChI=1S/C10H16O2.CH4O/c1-10(2)6-5-8(11-3)7-9(10)12-4;1-2/h5,7H,6H2,1-4H3;2H,1H3. The van der Waals surface area contributed by atoms with Crippen LogP contribution in [0.25, 0.3) is 0 Å². The van der Waals surface area contributed by atoms with Gasteiger partial charge in [-0.1, -0.05) is 13.8 Å². The summed E-state index contributed by atoms with van der Waals surface area (Å²) in [4.78, 5) is 0. The van der Waals surface area contributed by atoms with Crippen LogP contribution in [0, 0.1) is 5.41 Å². The lowest BCUT2D eigenvalue weighted by Gasteiger charge is -2.28. The Kier molecular flexibility index (Phi) is 5.31. The van der Waals surface area contributed by atoms with E-state index >= 15 is 0 Å². The van der Waals surface area contributed by atoms with Gasteiger partial charge in [0.2, 0.25) is 0 Å². The summed E-state index contributed by atoms with van der Waals surface area (Å²) in [6.07, 6.45) is 5.00. The monoisotopic (exact) mass is 200 g/mol. The molecule has 0 aromatic heterocycles. The number of aliphatic hydroxyl groups is 1. The Morgan fingerprint density at radius 3 is 2.21 bits per heavy atom. The van der Waals surface area contributed by atoms with Crippen molar-refractivity contribution in [2.75, 3.05) is 21.3 Å². The van der Waals surface area contributed by atoms with Gasteiger partial charge < -0.3 is 14.6 Å². The number of methoxy groups -OCH3 is 2. The fourth-order valence-electron chi connectivity index (χ4n) is 1.32. The Morgan fingerprint density at radius 1 is 1.21 bits per heavy atom. The first-order chi connectivity index (χ1) is 6.60. The van der Waals surface area contributed by atoms with Gasteiger partial charge in [0.25, 0.3) is 0 Å². The van der Waals surface area contributed by atoms with Gasteiger partial charge in [-0.15, -0.1) is 0 Å². The van der Waals surface area contributed by atoms with Crippen LogP contribution in [0.5, 0.6) is 0 Å². The van der Waals surface area contributed by atoms with Gasteiger partial charge in [0.05, 0.1) is 14.2 Å². The molecule has 0 aliphatic heterocycles. The topological polar surface area (TPSA) is 38.7 Å². The molecule has 0 aromatic carbocycles. The Labute approximate surface area is 86.0 Å². The highest BCUT2D eigenvalue weighted by molar-refractivity contribution is 5.25. The van der Waals surface area contributed by atoms with Gasteiger partial charge in [0.15, 0.2) is 0 Å². The largest absolute Gasteiger partial charge is 0.500 e. The van der Waals surface area contributed by atoms with E-state index in [1.54, 1.807) is 14.2 Å². The molecule has 1 rings (SSSR count). The van der Waals surface area contributed by atoms with Crippen LogP contribution in [-0.2, 0) is 9.47 Å². The quantitative estimate of drug-likeness (QED) is 0.741. The summed E-state index contributed by atoms with van der Waals surface area (Å²) >= 11 is 0. The van der Waals surface area contributed by atoms with E-state index in [1.807, 2.05) is 6.08 Å². The van der Waals surface area contributed by atoms with Gasteiger partial charge in [-0.05, 0) is 12.5 Å². The van der Waals surface area contributed by atoms with Crippen LogP contribution in [-0.4, -0.2) is 26.4 Å². The minimum absolute atomic E-state index is 0.108. The zero-order valence-corrected chi connectivity index (χ0v) is 9.63. The van der Waals surface area contributed by atoms with Crippen molar-refractivity contribution < 1.29 is 14.6 Å². The average Bonchev–Trinajstić information content (AvgIpc) is 2.21. The van der Waals surface area contributed by atoms with Crippen molar-refractivity contribution in [1.29, 1.82) is 0 Å². The third kappa shape index (κ3) is 3.07. The maximum Gasteiger partial charge on any atom is 0.118 e. The number of aliphatic hydroxyl groups excluding tert-OH is 1. The number of ether oxygens (including phenoxy) is 2. The molecule has 3 nitrogen and oxygen atoms in total. The first-order valence-electron chi connectivity index (χ1n) is 4.55. The molecule has 1 N–H and O–H groups in total. The first-order valence-corrected chi connectivity index (χ1v) is 4.55. The van der Waals surface area contributed by atoms with Crippen molar-refractivity contribution in [1.82, 2.24) is 0 Å². The molecule has 0 fully saturated rings. The van der Waals surface area contributed by atoms with E-state index in [-0.39, 0.29) is 5.41 Å². The van der Waals surface area contributed by atoms with Crippen molar-refractivity contribution in [3.8, 4) is 0 Å². The van der Waals surface area contributed by atoms with Crippen molar-refractivity contribution in [3.05, 3.63) is 23.7 Å². The minimum atomic E-state index is 0.108. The van der Waals surface area contributed by atoms with Gasteiger partial charge in [0, 0.05) is 18.6 Å². The zero-order chi connectivity index (χ0) is 11.2. The molecular weight excluding hydrogens is 180 g/mol. The third-order valence-electron chi connectivity index (χ3n) is 2.21. The van der Waals surface area contributed by atoms with Gasteiger partial charge in [0.1, 0.15) is 11.5 Å². The van der Waals surface area contributed by atoms with Crippen LogP contribution in [0.2, 0.25) is 0 Å². The van der Waals surface area contributed by atoms with Crippen LogP contribution in [0.4, 0.5) is 0 Å². The summed E-state index contributed by atoms with van der Waals surface area (Å²) in [5.41, 5.74) is 0.108. The molecule has 0 heterocycles. The zero-order valence-electron chi connectivity index (χ0n) is 9.63. The number of allylic oxidation sites excluding steroid dienone is 3. The first kappa shape index (κ1) is 13.0. The molecule has 0 atom stereocenters. The van der Waals surface area contributed by atoms with Crippen LogP contribution in [0.1, 0.15) is 20.3 Å². The van der Waals surface area contributed by atoms with E-state index < -0.39 is 0 Å². The highest BCUT2D eigenvalue weighted by atomic mass is 16.5. The van der Waals surface area contributed by atoms with Crippen LogP contribution < -0.4 is 0 Å². The summed E-state index contributed by atoms with van der Waals surface area (Å²) in [7, 11) is 4.38. The second-order valence-electron chi connectivity index (χ2n) is 3.61. The molecule has 3 heteroatoms. The van der Waals surface area contributed by atoms with E-state index in [0.29, 0.717) is 0 Å². The Bertz CT molecular complexity index is 227. The van der Waals surface area contributed by atoms with Gasteiger partial charge in [-0.2, -0.15) is 0 Å². The normalized spacial score (nSPS) is 18.4. The van der Waals surface area contributed by atoms with Crippen molar-refractivity contribution >= 4 is 0 Å². The summed E-state index contributed by atoms with van der Waals surface area (Å²) in [6.45, 7) is 4.32. The van der Waals surface area contributed by atoms with Crippen molar-refractivity contribution in [2.45, 2.75) is 20.3 Å². The van der Waals surface area contributed by atoms with Crippen LogP contribution in [0.15, 0.2) is 23.7 Å². The predicted octanol–water partition coefficient (Wildman–Crippen LogP) is 2.09. The fraction of sp³-hybridized carbons (Fsp3) is 0.636. The van der Waals surface area contributed by atoms with Crippen LogP contribution in [0.3, 0.4) is 0 Å². The number of hydrogen-bond acceptors (Lipinski definition) is 3. The predicted molar refractivity (Wildman–Crippen MR) is 56.7 cm³/mol. The average molecular weight is 200 g/mol. The molecule has 0 radical (unpaired) electrons. The number of hydrogen-bond donors (Lipinski definition) is 1. The highest BCUT2D eigenvalue weighted by Gasteiger charge is 2.26. The maximum absolute atomic E-state index is 7.00. The molecule has 0 unspecified atom stereocenters. The Balaban J connectivity index is 0.000000791. The molecule has 0 saturated carbocycles. The third-order valence-corrected chi connectivity index (χ3v) is 2.21. The van der Waals surface area contributed by atoms with Crippen LogP contribution >= 0.6 is 0 Å². The molecule has 14 heavy (non-hydrogen) atoms. The summed E-state index contributed by atoms with van der Waals surface area (Å²) in [6, 6.07) is 0. The molecule has 82 valence electrons. The molecule has 0 spiro atoms. The second-order valence-corrected chi connectivity index (χ2v) is 3.61. The van der Waals surface area contributed by atoms with E-state index in [4.69, 9.17) is 14.6 Å².